The number of rotatable bonds is 4. The van der Waals surface area contributed by atoms with Gasteiger partial charge in [0.1, 0.15) is 6.10 Å². The number of hydrogen-bond donors (Lipinski definition) is 0. The molecule has 2 aromatic heterocycles. The Balaban J connectivity index is 1.41. The van der Waals surface area contributed by atoms with Crippen LogP contribution in [0.4, 0.5) is 0 Å². The van der Waals surface area contributed by atoms with Crippen LogP contribution in [0.15, 0.2) is 47.0 Å². The lowest BCUT2D eigenvalue weighted by Gasteiger charge is -2.15. The Bertz CT molecular complexity index is 935. The second kappa shape index (κ2) is 7.19. The van der Waals surface area contributed by atoms with Crippen molar-refractivity contribution in [2.24, 2.45) is 0 Å². The van der Waals surface area contributed by atoms with E-state index in [9.17, 15) is 4.79 Å². The van der Waals surface area contributed by atoms with E-state index in [0.717, 1.165) is 23.4 Å². The highest BCUT2D eigenvalue weighted by Gasteiger charge is 2.30. The number of benzene rings is 1. The number of aryl methyl sites for hydroxylation is 2. The third kappa shape index (κ3) is 3.81. The van der Waals surface area contributed by atoms with Gasteiger partial charge in [-0.25, -0.2) is 9.97 Å². The number of carbonyl (C=O) groups is 1. The number of ether oxygens (including phenoxy) is 1. The van der Waals surface area contributed by atoms with Gasteiger partial charge in [0.15, 0.2) is 11.5 Å². The van der Waals surface area contributed by atoms with Crippen LogP contribution in [0, 0.1) is 13.8 Å². The van der Waals surface area contributed by atoms with Crippen LogP contribution in [-0.4, -0.2) is 45.1 Å². The smallest absolute Gasteiger partial charge is 0.317 e. The molecule has 7 nitrogen and oxygen atoms in total. The molecule has 1 saturated heterocycles. The van der Waals surface area contributed by atoms with Gasteiger partial charge in [0.05, 0.1) is 6.54 Å². The van der Waals surface area contributed by atoms with Crippen LogP contribution in [0.1, 0.15) is 28.3 Å². The summed E-state index contributed by atoms with van der Waals surface area (Å²) < 4.78 is 11.2. The van der Waals surface area contributed by atoms with Crippen molar-refractivity contribution in [2.75, 3.05) is 13.1 Å². The molecule has 27 heavy (non-hydrogen) atoms. The molecule has 1 unspecified atom stereocenters. The molecule has 1 aliphatic heterocycles. The molecule has 0 aliphatic carbocycles. The minimum absolute atomic E-state index is 0.129. The molecule has 1 aliphatic rings. The summed E-state index contributed by atoms with van der Waals surface area (Å²) >= 11 is 0. The summed E-state index contributed by atoms with van der Waals surface area (Å²) in [4.78, 5) is 23.0. The standard InChI is InChI=1S/C20H20N4O3/c1-13-10-14(2)22-20(21-13)26-16-8-9-24(12-16)19(25)17-11-18(27-23-17)15-6-4-3-5-7-15/h3-7,10-11,16H,8-9,12H2,1-2H3. The summed E-state index contributed by atoms with van der Waals surface area (Å²) in [6.07, 6.45) is 0.599. The van der Waals surface area contributed by atoms with Gasteiger partial charge in [0.25, 0.3) is 5.91 Å². The van der Waals surface area contributed by atoms with Gasteiger partial charge >= 0.3 is 6.01 Å². The van der Waals surface area contributed by atoms with Crippen molar-refractivity contribution in [1.82, 2.24) is 20.0 Å². The topological polar surface area (TPSA) is 81.4 Å². The molecule has 0 radical (unpaired) electrons. The SMILES string of the molecule is Cc1cc(C)nc(OC2CCN(C(=O)c3cc(-c4ccccc4)on3)C2)n1. The third-order valence-corrected chi connectivity index (χ3v) is 4.45. The predicted molar refractivity (Wildman–Crippen MR) is 98.4 cm³/mol. The van der Waals surface area contributed by atoms with Gasteiger partial charge in [0, 0.05) is 36.0 Å². The van der Waals surface area contributed by atoms with Gasteiger partial charge in [-0.2, -0.15) is 0 Å². The van der Waals surface area contributed by atoms with Gasteiger partial charge < -0.3 is 14.2 Å². The number of aromatic nitrogens is 3. The highest BCUT2D eigenvalue weighted by atomic mass is 16.5. The van der Waals surface area contributed by atoms with Gasteiger partial charge in [0.2, 0.25) is 0 Å². The lowest BCUT2D eigenvalue weighted by molar-refractivity contribution is 0.0759. The number of hydrogen-bond acceptors (Lipinski definition) is 6. The lowest BCUT2D eigenvalue weighted by Crippen LogP contribution is -2.31. The molecule has 0 spiro atoms. The van der Waals surface area contributed by atoms with E-state index in [0.29, 0.717) is 30.6 Å². The summed E-state index contributed by atoms with van der Waals surface area (Å²) in [6, 6.07) is 13.5. The molecular formula is C20H20N4O3. The van der Waals surface area contributed by atoms with E-state index in [4.69, 9.17) is 9.26 Å². The molecule has 0 bridgehead atoms. The molecule has 1 fully saturated rings. The zero-order valence-corrected chi connectivity index (χ0v) is 15.3. The predicted octanol–water partition coefficient (Wildman–Crippen LogP) is 3.04. The summed E-state index contributed by atoms with van der Waals surface area (Å²) in [6.45, 7) is 4.88. The first kappa shape index (κ1) is 17.2. The monoisotopic (exact) mass is 364 g/mol. The second-order valence-electron chi connectivity index (χ2n) is 6.66. The van der Waals surface area contributed by atoms with Crippen LogP contribution < -0.4 is 4.74 Å². The normalized spacial score (nSPS) is 16.5. The van der Waals surface area contributed by atoms with E-state index in [1.165, 1.54) is 0 Å². The summed E-state index contributed by atoms with van der Waals surface area (Å²) in [5, 5.41) is 3.94. The number of amides is 1. The van der Waals surface area contributed by atoms with E-state index in [1.54, 1.807) is 11.0 Å². The number of carbonyl (C=O) groups excluding carboxylic acids is 1. The Morgan fingerprint density at radius 1 is 1.15 bits per heavy atom. The fourth-order valence-corrected chi connectivity index (χ4v) is 3.18. The molecule has 3 heterocycles. The van der Waals surface area contributed by atoms with Crippen molar-refractivity contribution in [3.8, 4) is 17.3 Å². The first-order valence-corrected chi connectivity index (χ1v) is 8.89. The third-order valence-electron chi connectivity index (χ3n) is 4.45. The highest BCUT2D eigenvalue weighted by molar-refractivity contribution is 5.93. The Labute approximate surface area is 157 Å². The largest absolute Gasteiger partial charge is 0.458 e. The summed E-state index contributed by atoms with van der Waals surface area (Å²) in [5.41, 5.74) is 2.91. The molecular weight excluding hydrogens is 344 g/mol. The van der Waals surface area contributed by atoms with E-state index in [-0.39, 0.29) is 12.0 Å². The second-order valence-corrected chi connectivity index (χ2v) is 6.66. The Morgan fingerprint density at radius 3 is 2.63 bits per heavy atom. The van der Waals surface area contributed by atoms with Crippen LogP contribution in [0.5, 0.6) is 6.01 Å². The van der Waals surface area contributed by atoms with Crippen LogP contribution in [0.3, 0.4) is 0 Å². The average Bonchev–Trinajstić information content (AvgIpc) is 3.31. The summed E-state index contributed by atoms with van der Waals surface area (Å²) in [5.74, 6) is 0.419. The zero-order valence-electron chi connectivity index (χ0n) is 15.3. The summed E-state index contributed by atoms with van der Waals surface area (Å²) in [7, 11) is 0. The van der Waals surface area contributed by atoms with Crippen LogP contribution in [0.25, 0.3) is 11.3 Å². The van der Waals surface area contributed by atoms with Crippen LogP contribution in [-0.2, 0) is 0 Å². The average molecular weight is 364 g/mol. The molecule has 3 aromatic rings. The van der Waals surface area contributed by atoms with E-state index in [1.807, 2.05) is 50.2 Å². The Kier molecular flexibility index (Phi) is 4.58. The molecule has 0 N–H and O–H groups in total. The highest BCUT2D eigenvalue weighted by Crippen LogP contribution is 2.22. The molecule has 4 rings (SSSR count). The lowest BCUT2D eigenvalue weighted by atomic mass is 10.1. The minimum Gasteiger partial charge on any atom is -0.458 e. The van der Waals surface area contributed by atoms with Crippen molar-refractivity contribution in [3.63, 3.8) is 0 Å². The van der Waals surface area contributed by atoms with E-state index >= 15 is 0 Å². The van der Waals surface area contributed by atoms with Crippen LogP contribution >= 0.6 is 0 Å². The minimum atomic E-state index is -0.159. The fourth-order valence-electron chi connectivity index (χ4n) is 3.18. The maximum Gasteiger partial charge on any atom is 0.317 e. The molecule has 1 amide bonds. The molecule has 1 atom stereocenters. The van der Waals surface area contributed by atoms with Crippen molar-refractivity contribution in [3.05, 3.63) is 59.5 Å². The van der Waals surface area contributed by atoms with E-state index < -0.39 is 0 Å². The van der Waals surface area contributed by atoms with Crippen LogP contribution in [0.2, 0.25) is 0 Å². The Morgan fingerprint density at radius 2 is 1.89 bits per heavy atom. The number of likely N-dealkylation sites (tertiary alicyclic amines) is 1. The Hall–Kier alpha value is -3.22. The van der Waals surface area contributed by atoms with Crippen molar-refractivity contribution >= 4 is 5.91 Å². The van der Waals surface area contributed by atoms with E-state index in [2.05, 4.69) is 15.1 Å². The van der Waals surface area contributed by atoms with Gasteiger partial charge in [-0.3, -0.25) is 4.79 Å². The van der Waals surface area contributed by atoms with Crippen molar-refractivity contribution < 1.29 is 14.1 Å². The zero-order chi connectivity index (χ0) is 18.8. The fraction of sp³-hybridized carbons (Fsp3) is 0.300. The molecule has 1 aromatic carbocycles. The number of nitrogens with zero attached hydrogens (tertiary/aromatic N) is 4. The quantitative estimate of drug-likeness (QED) is 0.708. The maximum absolute atomic E-state index is 12.7. The molecule has 138 valence electrons. The van der Waals surface area contributed by atoms with Gasteiger partial charge in [-0.05, 0) is 19.9 Å². The first-order chi connectivity index (χ1) is 13.1. The van der Waals surface area contributed by atoms with Gasteiger partial charge in [-0.15, -0.1) is 0 Å². The molecule has 0 saturated carbocycles. The van der Waals surface area contributed by atoms with Crippen molar-refractivity contribution in [2.45, 2.75) is 26.4 Å². The maximum atomic E-state index is 12.7. The van der Waals surface area contributed by atoms with Gasteiger partial charge in [-0.1, -0.05) is 35.5 Å². The first-order valence-electron chi connectivity index (χ1n) is 8.89. The van der Waals surface area contributed by atoms with Crippen molar-refractivity contribution in [1.29, 1.82) is 0 Å². The molecule has 7 heteroatoms.